The molecule has 190 valence electrons. The molecule has 1 aromatic carbocycles. The van der Waals surface area contributed by atoms with Crippen LogP contribution in [0.4, 0.5) is 0 Å². The summed E-state index contributed by atoms with van der Waals surface area (Å²) >= 11 is 0. The van der Waals surface area contributed by atoms with Gasteiger partial charge in [0.2, 0.25) is 5.91 Å². The van der Waals surface area contributed by atoms with E-state index in [0.29, 0.717) is 58.9 Å². The number of rotatable bonds is 8. The Balaban J connectivity index is 1.80. The maximum absolute atomic E-state index is 11.7. The van der Waals surface area contributed by atoms with Crippen molar-refractivity contribution in [2.45, 2.75) is 6.54 Å². The standard InChI is InChI=1S/C24H34N6O5/c25-22(31)16-28-9-7-27(15-21-20-4-2-1-3-19(20)5-6-26-21)8-11-29(17-23(32)33)13-14-30(12-10-28)18-24(34)35/h1-6H,7-18H2,(H2,25,31)(H,32,33)(H,34,35). The number of carbonyl (C=O) groups excluding carboxylic acids is 1. The number of primary amides is 1. The molecule has 0 unspecified atom stereocenters. The maximum atomic E-state index is 11.7. The minimum absolute atomic E-state index is 0.0897. The molecule has 11 heteroatoms. The van der Waals surface area contributed by atoms with E-state index in [-0.39, 0.29) is 19.6 Å². The number of aliphatic carboxylic acids is 2. The van der Waals surface area contributed by atoms with Gasteiger partial charge in [-0.2, -0.15) is 0 Å². The molecule has 4 N–H and O–H groups in total. The summed E-state index contributed by atoms with van der Waals surface area (Å²) in [6.07, 6.45) is 1.79. The molecule has 0 bridgehead atoms. The lowest BCUT2D eigenvalue weighted by Gasteiger charge is -2.33. The van der Waals surface area contributed by atoms with Crippen molar-refractivity contribution in [3.63, 3.8) is 0 Å². The summed E-state index contributed by atoms with van der Waals surface area (Å²) in [7, 11) is 0. The van der Waals surface area contributed by atoms with Crippen molar-refractivity contribution in [2.24, 2.45) is 5.73 Å². The first kappa shape index (κ1) is 26.5. The lowest BCUT2D eigenvalue weighted by Crippen LogP contribution is -2.48. The molecule has 1 aromatic heterocycles. The first-order chi connectivity index (χ1) is 16.8. The second-order valence-corrected chi connectivity index (χ2v) is 8.84. The monoisotopic (exact) mass is 486 g/mol. The number of hydrogen-bond acceptors (Lipinski definition) is 8. The lowest BCUT2D eigenvalue weighted by atomic mass is 10.1. The van der Waals surface area contributed by atoms with E-state index in [9.17, 15) is 24.6 Å². The highest BCUT2D eigenvalue weighted by Gasteiger charge is 2.20. The number of nitrogens with zero attached hydrogens (tertiary/aromatic N) is 5. The van der Waals surface area contributed by atoms with Gasteiger partial charge in [-0.15, -0.1) is 0 Å². The molecular formula is C24H34N6O5. The van der Waals surface area contributed by atoms with E-state index in [4.69, 9.17) is 5.73 Å². The Kier molecular flexibility index (Phi) is 9.91. The Labute approximate surface area is 204 Å². The van der Waals surface area contributed by atoms with Gasteiger partial charge in [-0.1, -0.05) is 24.3 Å². The minimum Gasteiger partial charge on any atom is -0.480 e. The molecule has 1 fully saturated rings. The number of benzene rings is 1. The summed E-state index contributed by atoms with van der Waals surface area (Å²) in [5, 5.41) is 20.8. The molecule has 11 nitrogen and oxygen atoms in total. The first-order valence-electron chi connectivity index (χ1n) is 11.7. The average Bonchev–Trinajstić information content (AvgIpc) is 2.80. The normalized spacial score (nSPS) is 18.1. The second kappa shape index (κ2) is 13.1. The van der Waals surface area contributed by atoms with Crippen LogP contribution in [0.15, 0.2) is 36.5 Å². The van der Waals surface area contributed by atoms with E-state index in [1.807, 2.05) is 40.1 Å². The predicted molar refractivity (Wildman–Crippen MR) is 131 cm³/mol. The minimum atomic E-state index is -0.947. The molecule has 2 heterocycles. The number of fused-ring (bicyclic) bond motifs is 1. The van der Waals surface area contributed by atoms with Crippen LogP contribution in [0.2, 0.25) is 0 Å². The summed E-state index contributed by atoms with van der Waals surface area (Å²) in [6.45, 7) is 4.45. The molecule has 0 saturated carbocycles. The molecule has 0 radical (unpaired) electrons. The van der Waals surface area contributed by atoms with Gasteiger partial charge in [-0.05, 0) is 11.5 Å². The Morgan fingerprint density at radius 1 is 0.743 bits per heavy atom. The highest BCUT2D eigenvalue weighted by atomic mass is 16.4. The van der Waals surface area contributed by atoms with Gasteiger partial charge in [-0.3, -0.25) is 39.0 Å². The fourth-order valence-electron chi connectivity index (χ4n) is 4.33. The van der Waals surface area contributed by atoms with E-state index >= 15 is 0 Å². The van der Waals surface area contributed by atoms with Gasteiger partial charge >= 0.3 is 11.9 Å². The van der Waals surface area contributed by atoms with Crippen LogP contribution in [0.25, 0.3) is 10.8 Å². The zero-order valence-electron chi connectivity index (χ0n) is 19.9. The van der Waals surface area contributed by atoms with Crippen molar-refractivity contribution in [1.82, 2.24) is 24.6 Å². The Hall–Kier alpha value is -3.12. The summed E-state index contributed by atoms with van der Waals surface area (Å²) in [5.74, 6) is -2.30. The van der Waals surface area contributed by atoms with Crippen molar-refractivity contribution >= 4 is 28.6 Å². The molecule has 0 spiro atoms. The van der Waals surface area contributed by atoms with E-state index < -0.39 is 17.8 Å². The van der Waals surface area contributed by atoms with Crippen molar-refractivity contribution in [1.29, 1.82) is 0 Å². The SMILES string of the molecule is NC(=O)CN1CCN(CC(=O)O)CCN(CC(=O)O)CCN(Cc2nccc3ccccc23)CC1. The van der Waals surface area contributed by atoms with Gasteiger partial charge in [0.05, 0.1) is 25.3 Å². The van der Waals surface area contributed by atoms with Crippen molar-refractivity contribution in [3.8, 4) is 0 Å². The summed E-state index contributed by atoms with van der Waals surface area (Å²) < 4.78 is 0. The molecule has 3 rings (SSSR count). The van der Waals surface area contributed by atoms with Crippen LogP contribution in [0, 0.1) is 0 Å². The third-order valence-electron chi connectivity index (χ3n) is 6.16. The topological polar surface area (TPSA) is 144 Å². The molecule has 2 aromatic rings. The zero-order chi connectivity index (χ0) is 25.2. The third-order valence-corrected chi connectivity index (χ3v) is 6.16. The molecule has 0 aliphatic carbocycles. The fourth-order valence-corrected chi connectivity index (χ4v) is 4.33. The van der Waals surface area contributed by atoms with Gasteiger partial charge in [-0.25, -0.2) is 0 Å². The average molecular weight is 487 g/mol. The van der Waals surface area contributed by atoms with Crippen molar-refractivity contribution in [3.05, 3.63) is 42.2 Å². The van der Waals surface area contributed by atoms with E-state index in [1.54, 1.807) is 11.1 Å². The van der Waals surface area contributed by atoms with Crippen LogP contribution in [0.3, 0.4) is 0 Å². The molecule has 1 saturated heterocycles. The van der Waals surface area contributed by atoms with Gasteiger partial charge in [0.1, 0.15) is 0 Å². The highest BCUT2D eigenvalue weighted by Crippen LogP contribution is 2.18. The second-order valence-electron chi connectivity index (χ2n) is 8.84. The van der Waals surface area contributed by atoms with Crippen LogP contribution in [0.1, 0.15) is 5.69 Å². The molecule has 1 aliphatic heterocycles. The highest BCUT2D eigenvalue weighted by molar-refractivity contribution is 5.84. The number of carboxylic acids is 2. The van der Waals surface area contributed by atoms with E-state index in [1.165, 1.54) is 0 Å². The smallest absolute Gasteiger partial charge is 0.317 e. The van der Waals surface area contributed by atoms with E-state index in [0.717, 1.165) is 16.5 Å². The van der Waals surface area contributed by atoms with E-state index in [2.05, 4.69) is 9.88 Å². The van der Waals surface area contributed by atoms with Crippen LogP contribution in [0.5, 0.6) is 0 Å². The largest absolute Gasteiger partial charge is 0.480 e. The summed E-state index contributed by atoms with van der Waals surface area (Å²) in [6, 6.07) is 10.0. The number of nitrogens with two attached hydrogens (primary N) is 1. The molecule has 1 aliphatic rings. The quantitative estimate of drug-likeness (QED) is 0.451. The number of hydrogen-bond donors (Lipinski definition) is 3. The Morgan fingerprint density at radius 3 is 1.74 bits per heavy atom. The predicted octanol–water partition coefficient (Wildman–Crippen LogP) is -0.389. The van der Waals surface area contributed by atoms with Gasteiger partial charge < -0.3 is 15.9 Å². The van der Waals surface area contributed by atoms with Crippen LogP contribution >= 0.6 is 0 Å². The Morgan fingerprint density at radius 2 is 1.23 bits per heavy atom. The van der Waals surface area contributed by atoms with Crippen LogP contribution < -0.4 is 5.73 Å². The Bertz CT molecular complexity index is 982. The summed E-state index contributed by atoms with van der Waals surface area (Å²) in [5.41, 5.74) is 6.40. The molecule has 0 atom stereocenters. The number of carbonyl (C=O) groups is 3. The number of pyridine rings is 1. The lowest BCUT2D eigenvalue weighted by molar-refractivity contribution is -0.140. The van der Waals surface area contributed by atoms with Gasteiger partial charge in [0.25, 0.3) is 0 Å². The zero-order valence-corrected chi connectivity index (χ0v) is 19.9. The van der Waals surface area contributed by atoms with Gasteiger partial charge in [0, 0.05) is 70.5 Å². The maximum Gasteiger partial charge on any atom is 0.317 e. The fraction of sp³-hybridized carbons (Fsp3) is 0.500. The molecular weight excluding hydrogens is 452 g/mol. The molecule has 1 amide bonds. The summed E-state index contributed by atoms with van der Waals surface area (Å²) in [4.78, 5) is 46.8. The third kappa shape index (κ3) is 8.87. The number of aromatic nitrogens is 1. The van der Waals surface area contributed by atoms with Crippen molar-refractivity contribution in [2.75, 3.05) is 72.0 Å². The first-order valence-corrected chi connectivity index (χ1v) is 11.7. The number of carboxylic acid groups (broad SMARTS) is 2. The molecule has 35 heavy (non-hydrogen) atoms. The van der Waals surface area contributed by atoms with Crippen LogP contribution in [-0.2, 0) is 20.9 Å². The van der Waals surface area contributed by atoms with Crippen molar-refractivity contribution < 1.29 is 24.6 Å². The van der Waals surface area contributed by atoms with Crippen LogP contribution in [-0.4, -0.2) is 125 Å². The van der Waals surface area contributed by atoms with Gasteiger partial charge in [0.15, 0.2) is 0 Å². The number of amides is 1.